The molecular weight excluding hydrogens is 273 g/mol. The van der Waals surface area contributed by atoms with E-state index in [9.17, 15) is 17.6 Å². The van der Waals surface area contributed by atoms with E-state index in [4.69, 9.17) is 5.73 Å². The van der Waals surface area contributed by atoms with Gasteiger partial charge in [-0.3, -0.25) is 4.79 Å². The minimum absolute atomic E-state index is 0.0922. The molecule has 1 heterocycles. The van der Waals surface area contributed by atoms with E-state index >= 15 is 0 Å². The van der Waals surface area contributed by atoms with Gasteiger partial charge in [0, 0.05) is 19.0 Å². The molecule has 104 valence electrons. The molecule has 1 aromatic carbocycles. The van der Waals surface area contributed by atoms with Gasteiger partial charge in [0.15, 0.2) is 0 Å². The van der Waals surface area contributed by atoms with Gasteiger partial charge >= 0.3 is 0 Å². The molecule has 1 amide bonds. The van der Waals surface area contributed by atoms with E-state index in [1.807, 2.05) is 0 Å². The molecule has 1 aliphatic heterocycles. The highest BCUT2D eigenvalue weighted by Gasteiger charge is 2.27. The van der Waals surface area contributed by atoms with E-state index in [-0.39, 0.29) is 35.0 Å². The zero-order valence-electron chi connectivity index (χ0n) is 10.2. The second-order valence-electron chi connectivity index (χ2n) is 4.47. The van der Waals surface area contributed by atoms with Gasteiger partial charge in [-0.05, 0) is 24.6 Å². The Morgan fingerprint density at radius 2 is 2.16 bits per heavy atom. The second kappa shape index (κ2) is 4.78. The summed E-state index contributed by atoms with van der Waals surface area (Å²) in [6, 6.07) is 1.77. The van der Waals surface area contributed by atoms with Gasteiger partial charge in [-0.1, -0.05) is 0 Å². The first kappa shape index (κ1) is 13.8. The predicted molar refractivity (Wildman–Crippen MR) is 67.3 cm³/mol. The highest BCUT2D eigenvalue weighted by molar-refractivity contribution is 7.89. The molecule has 1 aromatic rings. The SMILES string of the molecule is Cc1cc(S(=O)(=O)NC2CNC(=O)C2)cc(N)c1F. The van der Waals surface area contributed by atoms with E-state index in [1.54, 1.807) is 0 Å². The molecule has 1 atom stereocenters. The van der Waals surface area contributed by atoms with Crippen molar-refractivity contribution in [3.8, 4) is 0 Å². The van der Waals surface area contributed by atoms with Crippen LogP contribution in [0.5, 0.6) is 0 Å². The zero-order chi connectivity index (χ0) is 14.2. The lowest BCUT2D eigenvalue weighted by atomic mass is 10.2. The van der Waals surface area contributed by atoms with Crippen molar-refractivity contribution in [2.45, 2.75) is 24.3 Å². The van der Waals surface area contributed by atoms with Crippen molar-refractivity contribution in [1.82, 2.24) is 10.0 Å². The van der Waals surface area contributed by atoms with Crippen LogP contribution in [0.3, 0.4) is 0 Å². The van der Waals surface area contributed by atoms with E-state index in [2.05, 4.69) is 10.0 Å². The average molecular weight is 287 g/mol. The number of nitrogens with one attached hydrogen (secondary N) is 2. The second-order valence-corrected chi connectivity index (χ2v) is 6.18. The zero-order valence-corrected chi connectivity index (χ0v) is 11.1. The van der Waals surface area contributed by atoms with Gasteiger partial charge in [0.1, 0.15) is 5.82 Å². The molecule has 0 spiro atoms. The monoisotopic (exact) mass is 287 g/mol. The van der Waals surface area contributed by atoms with Gasteiger partial charge in [-0.25, -0.2) is 17.5 Å². The molecule has 0 bridgehead atoms. The van der Waals surface area contributed by atoms with Crippen LogP contribution in [0.2, 0.25) is 0 Å². The highest BCUT2D eigenvalue weighted by Crippen LogP contribution is 2.21. The topological polar surface area (TPSA) is 101 Å². The summed E-state index contributed by atoms with van der Waals surface area (Å²) in [5.74, 6) is -0.834. The number of benzene rings is 1. The minimum atomic E-state index is -3.82. The molecule has 2 rings (SSSR count). The summed E-state index contributed by atoms with van der Waals surface area (Å²) in [5.41, 5.74) is 5.35. The lowest BCUT2D eigenvalue weighted by Crippen LogP contribution is -2.36. The van der Waals surface area contributed by atoms with E-state index in [0.717, 1.165) is 6.07 Å². The molecule has 1 saturated heterocycles. The van der Waals surface area contributed by atoms with Crippen LogP contribution in [-0.2, 0) is 14.8 Å². The van der Waals surface area contributed by atoms with Crippen molar-refractivity contribution in [1.29, 1.82) is 0 Å². The van der Waals surface area contributed by atoms with Crippen LogP contribution in [0.1, 0.15) is 12.0 Å². The molecule has 1 unspecified atom stereocenters. The fourth-order valence-electron chi connectivity index (χ4n) is 1.89. The minimum Gasteiger partial charge on any atom is -0.396 e. The molecule has 1 fully saturated rings. The summed E-state index contributed by atoms with van der Waals surface area (Å²) in [7, 11) is -3.82. The molecular formula is C11H14FN3O3S. The molecule has 6 nitrogen and oxygen atoms in total. The first-order valence-electron chi connectivity index (χ1n) is 5.64. The largest absolute Gasteiger partial charge is 0.396 e. The fourth-order valence-corrected chi connectivity index (χ4v) is 3.25. The third-order valence-electron chi connectivity index (χ3n) is 2.87. The first-order valence-corrected chi connectivity index (χ1v) is 7.12. The fraction of sp³-hybridized carbons (Fsp3) is 0.364. The van der Waals surface area contributed by atoms with Gasteiger partial charge in [-0.2, -0.15) is 0 Å². The summed E-state index contributed by atoms with van der Waals surface area (Å²) in [4.78, 5) is 10.9. The van der Waals surface area contributed by atoms with Gasteiger partial charge < -0.3 is 11.1 Å². The quantitative estimate of drug-likeness (QED) is 0.675. The summed E-state index contributed by atoms with van der Waals surface area (Å²) in [6.45, 7) is 1.68. The molecule has 0 aromatic heterocycles. The Morgan fingerprint density at radius 3 is 2.68 bits per heavy atom. The van der Waals surface area contributed by atoms with Crippen molar-refractivity contribution in [2.24, 2.45) is 0 Å². The molecule has 8 heteroatoms. The first-order chi connectivity index (χ1) is 8.79. The van der Waals surface area contributed by atoms with Crippen LogP contribution in [0, 0.1) is 12.7 Å². The maximum absolute atomic E-state index is 13.4. The average Bonchev–Trinajstić information content (AvgIpc) is 2.70. The highest BCUT2D eigenvalue weighted by atomic mass is 32.2. The number of anilines is 1. The van der Waals surface area contributed by atoms with Crippen molar-refractivity contribution < 1.29 is 17.6 Å². The number of carbonyl (C=O) groups is 1. The maximum Gasteiger partial charge on any atom is 0.240 e. The summed E-state index contributed by atoms with van der Waals surface area (Å²) >= 11 is 0. The Kier molecular flexibility index (Phi) is 3.46. The predicted octanol–water partition coefficient (Wildman–Crippen LogP) is -0.117. The van der Waals surface area contributed by atoms with Crippen molar-refractivity contribution >= 4 is 21.6 Å². The van der Waals surface area contributed by atoms with E-state index in [0.29, 0.717) is 0 Å². The van der Waals surface area contributed by atoms with Crippen LogP contribution in [0.15, 0.2) is 17.0 Å². The molecule has 0 radical (unpaired) electrons. The molecule has 0 saturated carbocycles. The van der Waals surface area contributed by atoms with Crippen molar-refractivity contribution in [2.75, 3.05) is 12.3 Å². The Morgan fingerprint density at radius 1 is 1.47 bits per heavy atom. The Balaban J connectivity index is 2.27. The summed E-state index contributed by atoms with van der Waals surface area (Å²) in [6.07, 6.45) is 0.0922. The third-order valence-corrected chi connectivity index (χ3v) is 4.37. The molecule has 0 aliphatic carbocycles. The lowest BCUT2D eigenvalue weighted by molar-refractivity contribution is -0.119. The standard InChI is InChI=1S/C11H14FN3O3S/c1-6-2-8(4-9(13)11(6)12)19(17,18)15-7-3-10(16)14-5-7/h2,4,7,15H,3,5,13H2,1H3,(H,14,16). The van der Waals surface area contributed by atoms with Gasteiger partial charge in [0.05, 0.1) is 10.6 Å². The summed E-state index contributed by atoms with van der Waals surface area (Å²) < 4.78 is 39.9. The Bertz CT molecular complexity index is 607. The van der Waals surface area contributed by atoms with Crippen LogP contribution in [-0.4, -0.2) is 26.9 Å². The van der Waals surface area contributed by atoms with Crippen molar-refractivity contribution in [3.63, 3.8) is 0 Å². The number of hydrogen-bond acceptors (Lipinski definition) is 4. The summed E-state index contributed by atoms with van der Waals surface area (Å²) in [5, 5.41) is 2.52. The number of amides is 1. The number of nitrogen functional groups attached to an aromatic ring is 1. The number of sulfonamides is 1. The Labute approximate surface area is 110 Å². The lowest BCUT2D eigenvalue weighted by Gasteiger charge is -2.12. The number of halogens is 1. The number of nitrogens with two attached hydrogens (primary N) is 1. The Hall–Kier alpha value is -1.67. The van der Waals surface area contributed by atoms with Gasteiger partial charge in [0.25, 0.3) is 0 Å². The molecule has 19 heavy (non-hydrogen) atoms. The van der Waals surface area contributed by atoms with Gasteiger partial charge in [0.2, 0.25) is 15.9 Å². The molecule has 4 N–H and O–H groups in total. The van der Waals surface area contributed by atoms with Crippen LogP contribution < -0.4 is 15.8 Å². The maximum atomic E-state index is 13.4. The van der Waals surface area contributed by atoms with Crippen molar-refractivity contribution in [3.05, 3.63) is 23.5 Å². The van der Waals surface area contributed by atoms with E-state index < -0.39 is 21.9 Å². The van der Waals surface area contributed by atoms with Crippen LogP contribution >= 0.6 is 0 Å². The van der Waals surface area contributed by atoms with Gasteiger partial charge in [-0.15, -0.1) is 0 Å². The van der Waals surface area contributed by atoms with E-state index in [1.165, 1.54) is 13.0 Å². The van der Waals surface area contributed by atoms with Crippen LogP contribution in [0.4, 0.5) is 10.1 Å². The third kappa shape index (κ3) is 2.85. The smallest absolute Gasteiger partial charge is 0.240 e. The number of carbonyl (C=O) groups excluding carboxylic acids is 1. The molecule has 1 aliphatic rings. The number of aryl methyl sites for hydroxylation is 1. The normalized spacial score (nSPS) is 19.5. The van der Waals surface area contributed by atoms with Crippen LogP contribution in [0.25, 0.3) is 0 Å². The number of rotatable bonds is 3. The number of hydrogen-bond donors (Lipinski definition) is 3.